The Morgan fingerprint density at radius 1 is 0.840 bits per heavy atom. The molecule has 3 aromatic heterocycles. The van der Waals surface area contributed by atoms with Crippen LogP contribution in [-0.4, -0.2) is 16.5 Å². The van der Waals surface area contributed by atoms with Crippen molar-refractivity contribution in [1.29, 1.82) is 0 Å². The normalized spacial score (nSPS) is 15.8. The second-order valence-electron chi connectivity index (χ2n) is 6.31. The van der Waals surface area contributed by atoms with Gasteiger partial charge in [0.05, 0.1) is 11.4 Å². The fourth-order valence-electron chi connectivity index (χ4n) is 3.89. The lowest BCUT2D eigenvalue weighted by Gasteiger charge is -2.42. The molecule has 0 amide bonds. The Morgan fingerprint density at radius 3 is 2.20 bits per heavy atom. The fraction of sp³-hybridized carbons (Fsp3) is 0.143. The first kappa shape index (κ1) is 14.4. The van der Waals surface area contributed by atoms with Crippen LogP contribution in [0.3, 0.4) is 0 Å². The maximum Gasteiger partial charge on any atom is 0.109 e. The van der Waals surface area contributed by atoms with Crippen LogP contribution in [0, 0.1) is 0 Å². The van der Waals surface area contributed by atoms with E-state index in [-0.39, 0.29) is 0 Å². The van der Waals surface area contributed by atoms with Crippen LogP contribution in [-0.2, 0) is 12.0 Å². The van der Waals surface area contributed by atoms with Crippen LogP contribution in [0.2, 0.25) is 0 Å². The minimum atomic E-state index is -0.616. The van der Waals surface area contributed by atoms with Crippen LogP contribution in [0.1, 0.15) is 22.6 Å². The molecule has 0 atom stereocenters. The van der Waals surface area contributed by atoms with Gasteiger partial charge in [-0.25, -0.2) is 0 Å². The second-order valence-corrected chi connectivity index (χ2v) is 6.31. The van der Waals surface area contributed by atoms with Gasteiger partial charge in [0, 0.05) is 18.9 Å². The lowest BCUT2D eigenvalue weighted by atomic mass is 9.80. The van der Waals surface area contributed by atoms with E-state index >= 15 is 0 Å². The van der Waals surface area contributed by atoms with Crippen molar-refractivity contribution in [3.05, 3.63) is 95.7 Å². The number of pyridine rings is 2. The van der Waals surface area contributed by atoms with Gasteiger partial charge in [0.25, 0.3) is 0 Å². The SMILES string of the molecule is c1ccc(C2(c3ccccn3)NCCc3c2[n-]c2ccccc32)nc1. The molecule has 0 saturated heterocycles. The maximum atomic E-state index is 5.02. The van der Waals surface area contributed by atoms with Crippen LogP contribution < -0.4 is 10.3 Å². The molecule has 1 aliphatic heterocycles. The molecular formula is C21H17N4-. The number of hydrogen-bond donors (Lipinski definition) is 1. The largest absolute Gasteiger partial charge is 0.658 e. The van der Waals surface area contributed by atoms with E-state index in [0.29, 0.717) is 0 Å². The van der Waals surface area contributed by atoms with E-state index in [9.17, 15) is 0 Å². The third-order valence-corrected chi connectivity index (χ3v) is 4.97. The molecule has 25 heavy (non-hydrogen) atoms. The van der Waals surface area contributed by atoms with Crippen molar-refractivity contribution >= 4 is 10.9 Å². The zero-order chi connectivity index (χ0) is 16.7. The predicted molar refractivity (Wildman–Crippen MR) is 97.3 cm³/mol. The smallest absolute Gasteiger partial charge is 0.109 e. The predicted octanol–water partition coefficient (Wildman–Crippen LogP) is 3.02. The number of para-hydroxylation sites is 1. The van der Waals surface area contributed by atoms with Gasteiger partial charge in [0.15, 0.2) is 0 Å². The van der Waals surface area contributed by atoms with Crippen molar-refractivity contribution in [2.24, 2.45) is 0 Å². The number of hydrogen-bond acceptors (Lipinski definition) is 3. The van der Waals surface area contributed by atoms with Crippen molar-refractivity contribution in [3.63, 3.8) is 0 Å². The quantitative estimate of drug-likeness (QED) is 0.615. The van der Waals surface area contributed by atoms with Crippen LogP contribution in [0.4, 0.5) is 0 Å². The second kappa shape index (κ2) is 5.53. The molecule has 1 aliphatic rings. The highest BCUT2D eigenvalue weighted by molar-refractivity contribution is 5.85. The summed E-state index contributed by atoms with van der Waals surface area (Å²) in [4.78, 5) is 14.4. The van der Waals surface area contributed by atoms with Crippen molar-refractivity contribution in [2.45, 2.75) is 12.0 Å². The summed E-state index contributed by atoms with van der Waals surface area (Å²) in [6.45, 7) is 0.857. The molecule has 0 aliphatic carbocycles. The highest BCUT2D eigenvalue weighted by Gasteiger charge is 2.39. The maximum absolute atomic E-state index is 5.02. The molecule has 0 saturated carbocycles. The summed E-state index contributed by atoms with van der Waals surface area (Å²) in [6, 6.07) is 20.4. The number of nitrogens with one attached hydrogen (secondary N) is 1. The van der Waals surface area contributed by atoms with Crippen molar-refractivity contribution in [1.82, 2.24) is 20.3 Å². The van der Waals surface area contributed by atoms with Gasteiger partial charge in [-0.2, -0.15) is 0 Å². The minimum absolute atomic E-state index is 0.616. The zero-order valence-corrected chi connectivity index (χ0v) is 13.7. The molecule has 0 radical (unpaired) electrons. The molecule has 4 heterocycles. The van der Waals surface area contributed by atoms with Crippen LogP contribution in [0.15, 0.2) is 73.1 Å². The third-order valence-electron chi connectivity index (χ3n) is 4.97. The molecule has 0 spiro atoms. The summed E-state index contributed by atoms with van der Waals surface area (Å²) in [5.41, 5.74) is 4.60. The number of nitrogens with zero attached hydrogens (tertiary/aromatic N) is 3. The molecule has 1 aromatic carbocycles. The summed E-state index contributed by atoms with van der Waals surface area (Å²) in [6.07, 6.45) is 4.62. The Hall–Kier alpha value is -2.98. The molecule has 0 fully saturated rings. The van der Waals surface area contributed by atoms with Gasteiger partial charge in [-0.1, -0.05) is 42.0 Å². The van der Waals surface area contributed by atoms with Crippen LogP contribution in [0.5, 0.6) is 0 Å². The number of rotatable bonds is 2. The fourth-order valence-corrected chi connectivity index (χ4v) is 3.89. The molecule has 5 rings (SSSR count). The first-order valence-electron chi connectivity index (χ1n) is 8.52. The number of benzene rings is 1. The minimum Gasteiger partial charge on any atom is -0.658 e. The van der Waals surface area contributed by atoms with Gasteiger partial charge in [-0.3, -0.25) is 15.3 Å². The van der Waals surface area contributed by atoms with E-state index in [4.69, 9.17) is 4.98 Å². The molecule has 4 heteroatoms. The Balaban J connectivity index is 1.88. The Labute approximate surface area is 146 Å². The molecule has 4 nitrogen and oxygen atoms in total. The molecule has 4 aromatic rings. The van der Waals surface area contributed by atoms with E-state index in [2.05, 4.69) is 45.6 Å². The molecule has 1 N–H and O–H groups in total. The van der Waals surface area contributed by atoms with Crippen LogP contribution >= 0.6 is 0 Å². The number of fused-ring (bicyclic) bond motifs is 3. The average molecular weight is 325 g/mol. The van der Waals surface area contributed by atoms with E-state index in [1.165, 1.54) is 10.9 Å². The standard InChI is InChI=1S/C21H17N4/c1-2-8-17-15(7-1)16-11-14-24-21(20(16)25-17,18-9-3-5-12-22-18)19-10-4-6-13-23-19/h1-10,12-13,24H,11,14H2/q-1. The first-order chi connectivity index (χ1) is 12.4. The molecular weight excluding hydrogens is 308 g/mol. The lowest BCUT2D eigenvalue weighted by molar-refractivity contribution is 0.417. The first-order valence-corrected chi connectivity index (χ1v) is 8.52. The Bertz CT molecular complexity index is 982. The van der Waals surface area contributed by atoms with Crippen molar-refractivity contribution < 1.29 is 0 Å². The Kier molecular flexibility index (Phi) is 3.18. The van der Waals surface area contributed by atoms with Crippen molar-refractivity contribution in [2.75, 3.05) is 6.54 Å². The van der Waals surface area contributed by atoms with Crippen molar-refractivity contribution in [3.8, 4) is 0 Å². The van der Waals surface area contributed by atoms with Gasteiger partial charge >= 0.3 is 0 Å². The summed E-state index contributed by atoms with van der Waals surface area (Å²) in [5, 5.41) is 4.93. The Morgan fingerprint density at radius 2 is 1.52 bits per heavy atom. The summed E-state index contributed by atoms with van der Waals surface area (Å²) < 4.78 is 0. The van der Waals surface area contributed by atoms with Crippen LogP contribution in [0.25, 0.3) is 10.9 Å². The molecule has 0 bridgehead atoms. The number of aromatic nitrogens is 3. The highest BCUT2D eigenvalue weighted by Crippen LogP contribution is 2.40. The highest BCUT2D eigenvalue weighted by atomic mass is 15.1. The zero-order valence-electron chi connectivity index (χ0n) is 13.7. The molecule has 122 valence electrons. The summed E-state index contributed by atoms with van der Waals surface area (Å²) in [5.74, 6) is 0. The average Bonchev–Trinajstić information content (AvgIpc) is 3.08. The van der Waals surface area contributed by atoms with E-state index in [1.807, 2.05) is 42.7 Å². The monoisotopic (exact) mass is 325 g/mol. The lowest BCUT2D eigenvalue weighted by Crippen LogP contribution is -2.50. The third kappa shape index (κ3) is 2.04. The van der Waals surface area contributed by atoms with Gasteiger partial charge in [-0.05, 0) is 36.1 Å². The van der Waals surface area contributed by atoms with Gasteiger partial charge in [0.2, 0.25) is 0 Å². The summed E-state index contributed by atoms with van der Waals surface area (Å²) in [7, 11) is 0. The van der Waals surface area contributed by atoms with E-state index < -0.39 is 5.54 Å². The van der Waals surface area contributed by atoms with Gasteiger partial charge in [-0.15, -0.1) is 11.2 Å². The summed E-state index contributed by atoms with van der Waals surface area (Å²) >= 11 is 0. The molecule has 0 unspecified atom stereocenters. The van der Waals surface area contributed by atoms with E-state index in [1.54, 1.807) is 0 Å². The van der Waals surface area contributed by atoms with Gasteiger partial charge < -0.3 is 4.98 Å². The topological polar surface area (TPSA) is 51.9 Å². The van der Waals surface area contributed by atoms with E-state index in [0.717, 1.165) is 35.6 Å². The van der Waals surface area contributed by atoms with Gasteiger partial charge in [0.1, 0.15) is 5.54 Å².